The molecule has 6 nitrogen and oxygen atoms in total. The van der Waals surface area contributed by atoms with Gasteiger partial charge in [0.1, 0.15) is 12.2 Å². The molecular weight excluding hydrogens is 490 g/mol. The van der Waals surface area contributed by atoms with Crippen molar-refractivity contribution in [2.24, 2.45) is 5.73 Å². The molecule has 0 atom stereocenters. The largest absolute Gasteiger partial charge is 0.355 e. The van der Waals surface area contributed by atoms with Crippen LogP contribution < -0.4 is 10.6 Å². The van der Waals surface area contributed by atoms with Gasteiger partial charge in [-0.05, 0) is 49.2 Å². The molecule has 2 aromatic heterocycles. The van der Waals surface area contributed by atoms with Crippen LogP contribution in [-0.4, -0.2) is 38.7 Å². The Labute approximate surface area is 204 Å². The third-order valence-electron chi connectivity index (χ3n) is 5.59. The molecule has 32 heavy (non-hydrogen) atoms. The van der Waals surface area contributed by atoms with Gasteiger partial charge in [-0.25, -0.2) is 15.0 Å². The van der Waals surface area contributed by atoms with Crippen LogP contribution >= 0.6 is 46.4 Å². The number of imidazole rings is 1. The molecule has 5 rings (SSSR count). The fourth-order valence-electron chi connectivity index (χ4n) is 3.97. The zero-order chi connectivity index (χ0) is 22.4. The highest BCUT2D eigenvalue weighted by Gasteiger charge is 2.25. The average molecular weight is 508 g/mol. The van der Waals surface area contributed by atoms with Crippen molar-refractivity contribution in [3.8, 4) is 17.1 Å². The van der Waals surface area contributed by atoms with E-state index in [0.717, 1.165) is 31.7 Å². The van der Waals surface area contributed by atoms with Crippen molar-refractivity contribution in [2.75, 3.05) is 18.0 Å². The lowest BCUT2D eigenvalue weighted by atomic mass is 10.1. The van der Waals surface area contributed by atoms with Crippen molar-refractivity contribution in [3.63, 3.8) is 0 Å². The third-order valence-corrected chi connectivity index (χ3v) is 6.67. The van der Waals surface area contributed by atoms with Crippen molar-refractivity contribution in [1.29, 1.82) is 0 Å². The molecule has 0 aliphatic carbocycles. The van der Waals surface area contributed by atoms with E-state index in [2.05, 4.69) is 14.9 Å². The maximum absolute atomic E-state index is 6.60. The summed E-state index contributed by atoms with van der Waals surface area (Å²) < 4.78 is 1.88. The van der Waals surface area contributed by atoms with Crippen LogP contribution in [0, 0.1) is 0 Å². The van der Waals surface area contributed by atoms with Gasteiger partial charge in [-0.3, -0.25) is 4.57 Å². The van der Waals surface area contributed by atoms with Crippen LogP contribution in [-0.2, 0) is 0 Å². The van der Waals surface area contributed by atoms with Crippen molar-refractivity contribution in [1.82, 2.24) is 19.5 Å². The molecule has 0 radical (unpaired) electrons. The van der Waals surface area contributed by atoms with E-state index in [-0.39, 0.29) is 6.04 Å². The maximum atomic E-state index is 6.60. The van der Waals surface area contributed by atoms with Crippen molar-refractivity contribution >= 4 is 63.4 Å². The molecule has 4 aromatic rings. The lowest BCUT2D eigenvalue weighted by Gasteiger charge is -2.30. The number of hydrogen-bond donors (Lipinski definition) is 1. The van der Waals surface area contributed by atoms with Gasteiger partial charge in [0, 0.05) is 34.7 Å². The first kappa shape index (κ1) is 21.7. The standard InChI is InChI=1S/C22H18Cl4N6/c23-12-1-3-15(16(25)9-12)20-30-19-21(31-7-5-14(27)6-8-31)28-11-29-22(19)32(20)18-4-2-13(24)10-17(18)26/h1-4,9-11,14H,5-8,27H2. The fourth-order valence-corrected chi connectivity index (χ4v) is 4.95. The summed E-state index contributed by atoms with van der Waals surface area (Å²) in [6.07, 6.45) is 3.33. The molecule has 3 heterocycles. The number of piperidine rings is 1. The molecule has 1 fully saturated rings. The van der Waals surface area contributed by atoms with Gasteiger partial charge in [-0.15, -0.1) is 0 Å². The number of halogens is 4. The van der Waals surface area contributed by atoms with Crippen LogP contribution in [0.3, 0.4) is 0 Å². The molecule has 164 valence electrons. The first-order valence-electron chi connectivity index (χ1n) is 10.1. The topological polar surface area (TPSA) is 72.9 Å². The Balaban J connectivity index is 1.78. The van der Waals surface area contributed by atoms with Gasteiger partial charge in [-0.1, -0.05) is 46.4 Å². The van der Waals surface area contributed by atoms with Crippen LogP contribution in [0.2, 0.25) is 20.1 Å². The molecule has 0 amide bonds. The molecule has 0 unspecified atom stereocenters. The van der Waals surface area contributed by atoms with Crippen LogP contribution in [0.4, 0.5) is 5.82 Å². The minimum atomic E-state index is 0.206. The molecule has 0 spiro atoms. The highest BCUT2D eigenvalue weighted by Crippen LogP contribution is 2.38. The SMILES string of the molecule is NC1CCN(c2ncnc3c2nc(-c2ccc(Cl)cc2Cl)n3-c2ccc(Cl)cc2Cl)CC1. The smallest absolute Gasteiger partial charge is 0.170 e. The number of anilines is 1. The predicted octanol–water partition coefficient (Wildman–Crippen LogP) is 6.02. The summed E-state index contributed by atoms with van der Waals surface area (Å²) in [6.45, 7) is 1.61. The van der Waals surface area contributed by atoms with E-state index in [4.69, 9.17) is 57.1 Å². The summed E-state index contributed by atoms with van der Waals surface area (Å²) in [7, 11) is 0. The molecule has 0 saturated carbocycles. The summed E-state index contributed by atoms with van der Waals surface area (Å²) in [4.78, 5) is 16.3. The molecular formula is C22H18Cl4N6. The zero-order valence-electron chi connectivity index (χ0n) is 16.8. The average Bonchev–Trinajstić information content (AvgIpc) is 3.13. The number of fused-ring (bicyclic) bond motifs is 1. The van der Waals surface area contributed by atoms with Crippen LogP contribution in [0.25, 0.3) is 28.2 Å². The van der Waals surface area contributed by atoms with Gasteiger partial charge >= 0.3 is 0 Å². The normalized spacial score (nSPS) is 15.0. The van der Waals surface area contributed by atoms with E-state index in [9.17, 15) is 0 Å². The summed E-state index contributed by atoms with van der Waals surface area (Å²) in [6, 6.07) is 10.8. The van der Waals surface area contributed by atoms with E-state index in [1.807, 2.05) is 16.7 Å². The number of rotatable bonds is 3. The van der Waals surface area contributed by atoms with E-state index < -0.39 is 0 Å². The quantitative estimate of drug-likeness (QED) is 0.366. The minimum absolute atomic E-state index is 0.206. The molecule has 2 aromatic carbocycles. The Morgan fingerprint density at radius 1 is 0.875 bits per heavy atom. The van der Waals surface area contributed by atoms with E-state index in [1.54, 1.807) is 30.6 Å². The van der Waals surface area contributed by atoms with Crippen molar-refractivity contribution < 1.29 is 0 Å². The number of hydrogen-bond acceptors (Lipinski definition) is 5. The molecule has 2 N–H and O–H groups in total. The van der Waals surface area contributed by atoms with Crippen LogP contribution in [0.5, 0.6) is 0 Å². The van der Waals surface area contributed by atoms with E-state index in [1.165, 1.54) is 0 Å². The van der Waals surface area contributed by atoms with Crippen LogP contribution in [0.1, 0.15) is 12.8 Å². The molecule has 1 saturated heterocycles. The second-order valence-corrected chi connectivity index (χ2v) is 9.37. The number of benzene rings is 2. The van der Waals surface area contributed by atoms with Gasteiger partial charge in [0.2, 0.25) is 0 Å². The van der Waals surface area contributed by atoms with Gasteiger partial charge in [0.05, 0.1) is 15.7 Å². The zero-order valence-corrected chi connectivity index (χ0v) is 19.8. The second-order valence-electron chi connectivity index (χ2n) is 7.68. The second kappa shape index (κ2) is 8.69. The van der Waals surface area contributed by atoms with Crippen molar-refractivity contribution in [2.45, 2.75) is 18.9 Å². The highest BCUT2D eigenvalue weighted by atomic mass is 35.5. The van der Waals surface area contributed by atoms with Gasteiger partial charge in [0.15, 0.2) is 17.0 Å². The fraction of sp³-hybridized carbons (Fsp3) is 0.227. The van der Waals surface area contributed by atoms with Gasteiger partial charge in [-0.2, -0.15) is 0 Å². The lowest BCUT2D eigenvalue weighted by molar-refractivity contribution is 0.499. The maximum Gasteiger partial charge on any atom is 0.170 e. The van der Waals surface area contributed by atoms with Crippen LogP contribution in [0.15, 0.2) is 42.7 Å². The highest BCUT2D eigenvalue weighted by molar-refractivity contribution is 6.37. The lowest BCUT2D eigenvalue weighted by Crippen LogP contribution is -2.40. The number of nitrogens with zero attached hydrogens (tertiary/aromatic N) is 5. The Hall–Kier alpha value is -2.09. The molecule has 1 aliphatic rings. The monoisotopic (exact) mass is 506 g/mol. The molecule has 0 bridgehead atoms. The van der Waals surface area contributed by atoms with E-state index in [0.29, 0.717) is 48.3 Å². The van der Waals surface area contributed by atoms with E-state index >= 15 is 0 Å². The van der Waals surface area contributed by atoms with Gasteiger partial charge < -0.3 is 10.6 Å². The Bertz CT molecular complexity index is 1310. The summed E-state index contributed by atoms with van der Waals surface area (Å²) >= 11 is 25.4. The minimum Gasteiger partial charge on any atom is -0.355 e. The number of nitrogens with two attached hydrogens (primary N) is 1. The predicted molar refractivity (Wildman–Crippen MR) is 132 cm³/mol. The first-order chi connectivity index (χ1) is 15.4. The Morgan fingerprint density at radius 2 is 1.56 bits per heavy atom. The van der Waals surface area contributed by atoms with Crippen molar-refractivity contribution in [3.05, 3.63) is 62.8 Å². The summed E-state index contributed by atoms with van der Waals surface area (Å²) in [5.41, 5.74) is 8.76. The molecule has 10 heteroatoms. The van der Waals surface area contributed by atoms with Gasteiger partial charge in [0.25, 0.3) is 0 Å². The summed E-state index contributed by atoms with van der Waals surface area (Å²) in [5.74, 6) is 1.35. The molecule has 1 aliphatic heterocycles. The third kappa shape index (κ3) is 3.91. The Morgan fingerprint density at radius 3 is 2.25 bits per heavy atom. The number of aromatic nitrogens is 4. The Kier molecular flexibility index (Phi) is 5.90. The summed E-state index contributed by atoms with van der Waals surface area (Å²) in [5, 5.41) is 2.01. The first-order valence-corrected chi connectivity index (χ1v) is 11.6.